The molecule has 0 bridgehead atoms. The fourth-order valence-electron chi connectivity index (χ4n) is 2.07. The van der Waals surface area contributed by atoms with Crippen molar-refractivity contribution >= 4 is 0 Å². The van der Waals surface area contributed by atoms with Gasteiger partial charge in [-0.25, -0.2) is 4.68 Å². The van der Waals surface area contributed by atoms with E-state index in [0.29, 0.717) is 12.3 Å². The first-order valence-electron chi connectivity index (χ1n) is 6.89. The van der Waals surface area contributed by atoms with Crippen molar-refractivity contribution in [3.05, 3.63) is 39.5 Å². The second-order valence-corrected chi connectivity index (χ2v) is 5.16. The van der Waals surface area contributed by atoms with Gasteiger partial charge in [0.25, 0.3) is 5.56 Å². The lowest BCUT2D eigenvalue weighted by molar-refractivity contribution is -0.139. The molecule has 1 saturated carbocycles. The third-order valence-electron chi connectivity index (χ3n) is 3.39. The van der Waals surface area contributed by atoms with Crippen molar-refractivity contribution in [2.24, 2.45) is 0 Å². The molecule has 0 aliphatic heterocycles. The van der Waals surface area contributed by atoms with Crippen LogP contribution in [0.15, 0.2) is 15.3 Å². The Morgan fingerprint density at radius 1 is 1.32 bits per heavy atom. The number of aryl methyl sites for hydroxylation is 1. The van der Waals surface area contributed by atoms with Crippen molar-refractivity contribution in [2.75, 3.05) is 0 Å². The van der Waals surface area contributed by atoms with Crippen LogP contribution in [0.5, 0.6) is 0 Å². The lowest BCUT2D eigenvalue weighted by atomic mass is 10.2. The Morgan fingerprint density at radius 3 is 2.55 bits per heavy atom. The molecule has 0 aromatic carbocycles. The first-order valence-corrected chi connectivity index (χ1v) is 6.89. The maximum absolute atomic E-state index is 13.0. The van der Waals surface area contributed by atoms with Crippen LogP contribution >= 0.6 is 0 Å². The minimum absolute atomic E-state index is 0.0122. The lowest BCUT2D eigenvalue weighted by Crippen LogP contribution is -2.31. The molecule has 0 unspecified atom stereocenters. The van der Waals surface area contributed by atoms with Crippen molar-refractivity contribution in [1.29, 1.82) is 0 Å². The molecular weight excluding hydrogens is 301 g/mol. The summed E-state index contributed by atoms with van der Waals surface area (Å²) >= 11 is 0. The Bertz CT molecular complexity index is 746. The highest BCUT2D eigenvalue weighted by molar-refractivity contribution is 5.22. The molecule has 2 aromatic rings. The van der Waals surface area contributed by atoms with Gasteiger partial charge in [0, 0.05) is 12.3 Å². The molecule has 2 heterocycles. The largest absolute Gasteiger partial charge is 0.423 e. The summed E-state index contributed by atoms with van der Waals surface area (Å²) in [6.07, 6.45) is -2.65. The Hall–Kier alpha value is -2.19. The predicted molar refractivity (Wildman–Crippen MR) is 68.3 cm³/mol. The van der Waals surface area contributed by atoms with Crippen LogP contribution in [0.25, 0.3) is 0 Å². The second kappa shape index (κ2) is 5.22. The van der Waals surface area contributed by atoms with E-state index in [0.717, 1.165) is 23.6 Å². The van der Waals surface area contributed by atoms with Gasteiger partial charge in [-0.15, -0.1) is 10.2 Å². The zero-order valence-electron chi connectivity index (χ0n) is 11.7. The van der Waals surface area contributed by atoms with Crippen LogP contribution in [0.2, 0.25) is 0 Å². The molecule has 118 valence electrons. The molecule has 0 N–H and O–H groups in total. The summed E-state index contributed by atoms with van der Waals surface area (Å²) in [7, 11) is 0. The van der Waals surface area contributed by atoms with Gasteiger partial charge < -0.3 is 4.42 Å². The minimum atomic E-state index is -4.71. The molecule has 9 heteroatoms. The van der Waals surface area contributed by atoms with Gasteiger partial charge in [0.2, 0.25) is 11.8 Å². The molecule has 0 amide bonds. The molecule has 0 saturated heterocycles. The van der Waals surface area contributed by atoms with E-state index in [-0.39, 0.29) is 24.0 Å². The zero-order chi connectivity index (χ0) is 15.9. The number of hydrogen-bond donors (Lipinski definition) is 0. The van der Waals surface area contributed by atoms with E-state index in [4.69, 9.17) is 4.42 Å². The van der Waals surface area contributed by atoms with Gasteiger partial charge in [-0.1, -0.05) is 6.92 Å². The normalized spacial score (nSPS) is 15.3. The second-order valence-electron chi connectivity index (χ2n) is 5.16. The summed E-state index contributed by atoms with van der Waals surface area (Å²) in [6, 6.07) is 0.849. The standard InChI is InChI=1S/C13H13F3N4O2/c1-2-10-17-18-11(22-10)6-20-12(21)8(13(14,15)16)5-9(19-20)7-3-4-7/h5,7H,2-4,6H2,1H3. The smallest absolute Gasteiger partial charge is 0.421 e. The highest BCUT2D eigenvalue weighted by Crippen LogP contribution is 2.40. The first-order chi connectivity index (χ1) is 10.4. The predicted octanol–water partition coefficient (Wildman–Crippen LogP) is 2.13. The SMILES string of the molecule is CCc1nnc(Cn2nc(C3CC3)cc(C(F)(F)F)c2=O)o1. The van der Waals surface area contributed by atoms with Crippen molar-refractivity contribution in [3.8, 4) is 0 Å². The van der Waals surface area contributed by atoms with Crippen molar-refractivity contribution in [3.63, 3.8) is 0 Å². The fraction of sp³-hybridized carbons (Fsp3) is 0.538. The fourth-order valence-corrected chi connectivity index (χ4v) is 2.07. The molecule has 0 atom stereocenters. The molecular formula is C13H13F3N4O2. The molecule has 3 rings (SSSR count). The molecule has 1 aliphatic rings. The van der Waals surface area contributed by atoms with Gasteiger partial charge in [0.15, 0.2) is 0 Å². The number of nitrogens with zero attached hydrogens (tertiary/aromatic N) is 4. The topological polar surface area (TPSA) is 73.8 Å². The third kappa shape index (κ3) is 2.88. The molecule has 22 heavy (non-hydrogen) atoms. The Balaban J connectivity index is 2.01. The molecule has 1 aliphatic carbocycles. The van der Waals surface area contributed by atoms with Gasteiger partial charge in [0.1, 0.15) is 12.1 Å². The van der Waals surface area contributed by atoms with Gasteiger partial charge in [-0.2, -0.15) is 18.3 Å². The summed E-state index contributed by atoms with van der Waals surface area (Å²) in [5, 5.41) is 11.4. The van der Waals surface area contributed by atoms with E-state index in [9.17, 15) is 18.0 Å². The zero-order valence-corrected chi connectivity index (χ0v) is 11.7. The molecule has 2 aromatic heterocycles. The Labute approximate surface area is 123 Å². The average molecular weight is 314 g/mol. The van der Waals surface area contributed by atoms with Crippen molar-refractivity contribution < 1.29 is 17.6 Å². The van der Waals surface area contributed by atoms with Crippen LogP contribution in [0.1, 0.15) is 48.7 Å². The number of halogens is 3. The van der Waals surface area contributed by atoms with E-state index in [2.05, 4.69) is 15.3 Å². The summed E-state index contributed by atoms with van der Waals surface area (Å²) in [5.74, 6) is 0.409. The third-order valence-corrected chi connectivity index (χ3v) is 3.39. The van der Waals surface area contributed by atoms with E-state index >= 15 is 0 Å². The van der Waals surface area contributed by atoms with Gasteiger partial charge in [-0.3, -0.25) is 4.79 Å². The molecule has 1 fully saturated rings. The highest BCUT2D eigenvalue weighted by Gasteiger charge is 2.37. The van der Waals surface area contributed by atoms with Crippen LogP contribution in [0.3, 0.4) is 0 Å². The van der Waals surface area contributed by atoms with E-state index in [1.165, 1.54) is 0 Å². The number of aromatic nitrogens is 4. The number of hydrogen-bond acceptors (Lipinski definition) is 5. The monoisotopic (exact) mass is 314 g/mol. The summed E-state index contributed by atoms with van der Waals surface area (Å²) in [4.78, 5) is 12.0. The van der Waals surface area contributed by atoms with Crippen LogP contribution in [-0.4, -0.2) is 20.0 Å². The van der Waals surface area contributed by atoms with E-state index in [1.807, 2.05) is 0 Å². The van der Waals surface area contributed by atoms with Gasteiger partial charge in [0.05, 0.1) is 5.69 Å². The van der Waals surface area contributed by atoms with Crippen molar-refractivity contribution in [2.45, 2.75) is 44.8 Å². The highest BCUT2D eigenvalue weighted by atomic mass is 19.4. The molecule has 0 spiro atoms. The maximum atomic E-state index is 13.0. The number of rotatable bonds is 4. The molecule has 6 nitrogen and oxygen atoms in total. The molecule has 0 radical (unpaired) electrons. The van der Waals surface area contributed by atoms with Crippen LogP contribution < -0.4 is 5.56 Å². The Kier molecular flexibility index (Phi) is 3.50. The van der Waals surface area contributed by atoms with Gasteiger partial charge >= 0.3 is 6.18 Å². The van der Waals surface area contributed by atoms with Crippen LogP contribution in [-0.2, 0) is 19.1 Å². The maximum Gasteiger partial charge on any atom is 0.421 e. The van der Waals surface area contributed by atoms with Crippen LogP contribution in [0, 0.1) is 0 Å². The van der Waals surface area contributed by atoms with Gasteiger partial charge in [-0.05, 0) is 18.9 Å². The van der Waals surface area contributed by atoms with Crippen LogP contribution in [0.4, 0.5) is 13.2 Å². The van der Waals surface area contributed by atoms with E-state index in [1.54, 1.807) is 6.92 Å². The summed E-state index contributed by atoms with van der Waals surface area (Å²) in [5.41, 5.74) is -2.13. The minimum Gasteiger partial charge on any atom is -0.423 e. The number of alkyl halides is 3. The quantitative estimate of drug-likeness (QED) is 0.864. The summed E-state index contributed by atoms with van der Waals surface area (Å²) < 4.78 is 45.0. The average Bonchev–Trinajstić information content (AvgIpc) is 3.20. The Morgan fingerprint density at radius 2 is 2.00 bits per heavy atom. The van der Waals surface area contributed by atoms with Crippen molar-refractivity contribution in [1.82, 2.24) is 20.0 Å². The summed E-state index contributed by atoms with van der Waals surface area (Å²) in [6.45, 7) is 1.53. The van der Waals surface area contributed by atoms with E-state index < -0.39 is 17.3 Å². The first kappa shape index (κ1) is 14.7. The lowest BCUT2D eigenvalue weighted by Gasteiger charge is -2.11.